The molecular formula is C18H22N2O3S. The number of hydrogen-bond donors (Lipinski definition) is 1. The Morgan fingerprint density at radius 3 is 2.21 bits per heavy atom. The number of hydrogen-bond acceptors (Lipinski definition) is 3. The van der Waals surface area contributed by atoms with Gasteiger partial charge in [0.2, 0.25) is 15.9 Å². The Hall–Kier alpha value is -2.34. The van der Waals surface area contributed by atoms with Crippen LogP contribution < -0.4 is 9.62 Å². The summed E-state index contributed by atoms with van der Waals surface area (Å²) < 4.78 is 25.2. The van der Waals surface area contributed by atoms with Crippen molar-refractivity contribution in [2.75, 3.05) is 17.1 Å². The highest BCUT2D eigenvalue weighted by atomic mass is 32.2. The first-order valence-corrected chi connectivity index (χ1v) is 9.51. The number of anilines is 1. The van der Waals surface area contributed by atoms with E-state index in [-0.39, 0.29) is 18.5 Å². The molecule has 0 bridgehead atoms. The number of benzene rings is 2. The average molecular weight is 346 g/mol. The van der Waals surface area contributed by atoms with E-state index < -0.39 is 10.0 Å². The van der Waals surface area contributed by atoms with Crippen LogP contribution in [-0.4, -0.2) is 27.1 Å². The third-order valence-electron chi connectivity index (χ3n) is 3.69. The molecule has 0 spiro atoms. The van der Waals surface area contributed by atoms with Crippen molar-refractivity contribution in [3.8, 4) is 0 Å². The van der Waals surface area contributed by atoms with E-state index in [0.29, 0.717) is 5.69 Å². The molecule has 1 unspecified atom stereocenters. The second-order valence-corrected chi connectivity index (χ2v) is 7.71. The normalized spacial score (nSPS) is 12.5. The minimum atomic E-state index is -3.55. The number of carbonyl (C=O) groups is 1. The van der Waals surface area contributed by atoms with Gasteiger partial charge in [-0.15, -0.1) is 0 Å². The van der Waals surface area contributed by atoms with E-state index in [2.05, 4.69) is 5.32 Å². The van der Waals surface area contributed by atoms with Gasteiger partial charge < -0.3 is 5.32 Å². The Morgan fingerprint density at radius 1 is 1.08 bits per heavy atom. The smallest absolute Gasteiger partial charge is 0.241 e. The summed E-state index contributed by atoms with van der Waals surface area (Å²) >= 11 is 0. The zero-order chi connectivity index (χ0) is 17.7. The highest BCUT2D eigenvalue weighted by Crippen LogP contribution is 2.18. The van der Waals surface area contributed by atoms with Gasteiger partial charge in [0, 0.05) is 0 Å². The van der Waals surface area contributed by atoms with Crippen LogP contribution in [0.25, 0.3) is 0 Å². The second-order valence-electron chi connectivity index (χ2n) is 5.81. The van der Waals surface area contributed by atoms with Gasteiger partial charge in [0.15, 0.2) is 0 Å². The molecule has 1 amide bonds. The minimum absolute atomic E-state index is 0.196. The lowest BCUT2D eigenvalue weighted by molar-refractivity contribution is -0.120. The molecule has 0 saturated heterocycles. The molecule has 0 radical (unpaired) electrons. The van der Waals surface area contributed by atoms with E-state index in [0.717, 1.165) is 21.7 Å². The van der Waals surface area contributed by atoms with E-state index in [9.17, 15) is 13.2 Å². The summed E-state index contributed by atoms with van der Waals surface area (Å²) in [4.78, 5) is 12.3. The Bertz CT molecular complexity index is 787. The highest BCUT2D eigenvalue weighted by Gasteiger charge is 2.21. The molecule has 2 aromatic rings. The molecular weight excluding hydrogens is 324 g/mol. The molecule has 6 heteroatoms. The number of rotatable bonds is 6. The molecule has 24 heavy (non-hydrogen) atoms. The van der Waals surface area contributed by atoms with Gasteiger partial charge in [-0.3, -0.25) is 9.10 Å². The molecule has 2 aromatic carbocycles. The van der Waals surface area contributed by atoms with Crippen molar-refractivity contribution in [1.82, 2.24) is 5.32 Å². The van der Waals surface area contributed by atoms with Gasteiger partial charge in [-0.1, -0.05) is 48.0 Å². The van der Waals surface area contributed by atoms with Gasteiger partial charge in [0.1, 0.15) is 6.54 Å². The molecule has 0 fully saturated rings. The fourth-order valence-electron chi connectivity index (χ4n) is 2.35. The zero-order valence-corrected chi connectivity index (χ0v) is 14.9. The van der Waals surface area contributed by atoms with Gasteiger partial charge in [-0.2, -0.15) is 0 Å². The summed E-state index contributed by atoms with van der Waals surface area (Å²) in [7, 11) is -3.55. The maximum atomic E-state index is 12.3. The largest absolute Gasteiger partial charge is 0.348 e. The Labute approximate surface area is 143 Å². The molecule has 1 atom stereocenters. The first-order valence-electron chi connectivity index (χ1n) is 7.66. The molecule has 0 aliphatic rings. The Kier molecular flexibility index (Phi) is 5.62. The number of nitrogens with one attached hydrogen (secondary N) is 1. The molecule has 0 aliphatic carbocycles. The first kappa shape index (κ1) is 18.0. The topological polar surface area (TPSA) is 66.5 Å². The van der Waals surface area contributed by atoms with Crippen molar-refractivity contribution < 1.29 is 13.2 Å². The highest BCUT2D eigenvalue weighted by molar-refractivity contribution is 7.92. The van der Waals surface area contributed by atoms with Crippen LogP contribution in [0.1, 0.15) is 24.1 Å². The van der Waals surface area contributed by atoms with Gasteiger partial charge in [-0.25, -0.2) is 8.42 Å². The van der Waals surface area contributed by atoms with Crippen LogP contribution in [0.4, 0.5) is 5.69 Å². The number of aryl methyl sites for hydroxylation is 1. The fraction of sp³-hybridized carbons (Fsp3) is 0.278. The van der Waals surface area contributed by atoms with Gasteiger partial charge in [0.25, 0.3) is 0 Å². The maximum absolute atomic E-state index is 12.3. The minimum Gasteiger partial charge on any atom is -0.348 e. The lowest BCUT2D eigenvalue weighted by atomic mass is 10.1. The van der Waals surface area contributed by atoms with Crippen molar-refractivity contribution in [3.05, 3.63) is 65.7 Å². The molecule has 0 heterocycles. The number of sulfonamides is 1. The van der Waals surface area contributed by atoms with Crippen LogP contribution in [0.2, 0.25) is 0 Å². The van der Waals surface area contributed by atoms with E-state index in [1.807, 2.05) is 56.3 Å². The zero-order valence-electron chi connectivity index (χ0n) is 14.1. The SMILES string of the molecule is Cc1ccc(N(CC(=O)NC(C)c2ccccc2)S(C)(=O)=O)cc1. The fourth-order valence-corrected chi connectivity index (χ4v) is 3.21. The molecule has 2 rings (SSSR count). The van der Waals surface area contributed by atoms with E-state index in [1.54, 1.807) is 12.1 Å². The molecule has 0 aromatic heterocycles. The maximum Gasteiger partial charge on any atom is 0.241 e. The Morgan fingerprint density at radius 2 is 1.67 bits per heavy atom. The van der Waals surface area contributed by atoms with Crippen LogP contribution in [0.15, 0.2) is 54.6 Å². The molecule has 5 nitrogen and oxygen atoms in total. The predicted octanol–water partition coefficient (Wildman–Crippen LogP) is 2.64. The predicted molar refractivity (Wildman–Crippen MR) is 96.4 cm³/mol. The van der Waals surface area contributed by atoms with E-state index in [4.69, 9.17) is 0 Å². The second kappa shape index (κ2) is 7.49. The van der Waals surface area contributed by atoms with Crippen molar-refractivity contribution in [2.24, 2.45) is 0 Å². The number of nitrogens with zero attached hydrogens (tertiary/aromatic N) is 1. The van der Waals surface area contributed by atoms with Crippen LogP contribution in [0, 0.1) is 6.92 Å². The average Bonchev–Trinajstić information content (AvgIpc) is 2.53. The number of amides is 1. The summed E-state index contributed by atoms with van der Waals surface area (Å²) in [5.41, 5.74) is 2.46. The molecule has 0 saturated carbocycles. The van der Waals surface area contributed by atoms with Gasteiger partial charge >= 0.3 is 0 Å². The van der Waals surface area contributed by atoms with E-state index in [1.165, 1.54) is 0 Å². The van der Waals surface area contributed by atoms with Crippen LogP contribution in [0.5, 0.6) is 0 Å². The third-order valence-corrected chi connectivity index (χ3v) is 4.83. The van der Waals surface area contributed by atoms with Gasteiger partial charge in [-0.05, 0) is 31.5 Å². The summed E-state index contributed by atoms with van der Waals surface area (Å²) in [6.07, 6.45) is 1.10. The summed E-state index contributed by atoms with van der Waals surface area (Å²) in [5, 5.41) is 2.83. The monoisotopic (exact) mass is 346 g/mol. The number of carbonyl (C=O) groups excluding carboxylic acids is 1. The molecule has 1 N–H and O–H groups in total. The summed E-state index contributed by atoms with van der Waals surface area (Å²) in [6.45, 7) is 3.53. The summed E-state index contributed by atoms with van der Waals surface area (Å²) in [6, 6.07) is 16.4. The quantitative estimate of drug-likeness (QED) is 0.874. The van der Waals surface area contributed by atoms with Crippen LogP contribution in [0.3, 0.4) is 0 Å². The Balaban J connectivity index is 2.12. The van der Waals surface area contributed by atoms with Crippen molar-refractivity contribution in [3.63, 3.8) is 0 Å². The standard InChI is InChI=1S/C18H22N2O3S/c1-14-9-11-17(12-10-14)20(24(3,22)23)13-18(21)19-15(2)16-7-5-4-6-8-16/h4-12,15H,13H2,1-3H3,(H,19,21). The van der Waals surface area contributed by atoms with Crippen LogP contribution >= 0.6 is 0 Å². The van der Waals surface area contributed by atoms with E-state index >= 15 is 0 Å². The van der Waals surface area contributed by atoms with Crippen molar-refractivity contribution in [1.29, 1.82) is 0 Å². The molecule has 0 aliphatic heterocycles. The lowest BCUT2D eigenvalue weighted by Gasteiger charge is -2.23. The van der Waals surface area contributed by atoms with Crippen molar-refractivity contribution in [2.45, 2.75) is 19.9 Å². The third kappa shape index (κ3) is 4.83. The van der Waals surface area contributed by atoms with Crippen LogP contribution in [-0.2, 0) is 14.8 Å². The first-order chi connectivity index (χ1) is 11.3. The van der Waals surface area contributed by atoms with Gasteiger partial charge in [0.05, 0.1) is 18.0 Å². The van der Waals surface area contributed by atoms with Crippen molar-refractivity contribution >= 4 is 21.6 Å². The lowest BCUT2D eigenvalue weighted by Crippen LogP contribution is -2.41. The molecule has 128 valence electrons. The summed E-state index contributed by atoms with van der Waals surface area (Å²) in [5.74, 6) is -0.350.